The van der Waals surface area contributed by atoms with Gasteiger partial charge in [-0.3, -0.25) is 10.1 Å². The van der Waals surface area contributed by atoms with Gasteiger partial charge in [0.2, 0.25) is 0 Å². The van der Waals surface area contributed by atoms with Crippen molar-refractivity contribution in [1.82, 2.24) is 10.2 Å². The predicted molar refractivity (Wildman–Crippen MR) is 88.6 cm³/mol. The van der Waals surface area contributed by atoms with E-state index in [-0.39, 0.29) is 29.8 Å². The molecule has 1 saturated heterocycles. The molecular formula is C16H22F3N3O4. The Bertz CT molecular complexity index is 632. The minimum atomic E-state index is -4.55. The lowest BCUT2D eigenvalue weighted by Crippen LogP contribution is -2.40. The first-order valence-electron chi connectivity index (χ1n) is 8.16. The van der Waals surface area contributed by atoms with Gasteiger partial charge in [0.05, 0.1) is 18.1 Å². The third kappa shape index (κ3) is 5.73. The number of hydrogen-bond acceptors (Lipinski definition) is 6. The summed E-state index contributed by atoms with van der Waals surface area (Å²) in [6.45, 7) is 0.551. The van der Waals surface area contributed by atoms with Crippen LogP contribution in [0.3, 0.4) is 0 Å². The number of nitrogens with zero attached hydrogens (tertiary/aromatic N) is 2. The van der Waals surface area contributed by atoms with Crippen LogP contribution in [0.4, 0.5) is 18.9 Å². The Morgan fingerprint density at radius 2 is 1.96 bits per heavy atom. The van der Waals surface area contributed by atoms with Crippen LogP contribution in [0.15, 0.2) is 12.1 Å². The SMILES string of the molecule is COc1cc(CNC2CCN(C)CC2)c([N+](=O)[O-])cc1OCC(F)(F)F. The van der Waals surface area contributed by atoms with Gasteiger partial charge in [-0.1, -0.05) is 0 Å². The molecule has 26 heavy (non-hydrogen) atoms. The third-order valence-electron chi connectivity index (χ3n) is 4.25. The number of rotatable bonds is 7. The highest BCUT2D eigenvalue weighted by molar-refractivity contribution is 5.54. The average molecular weight is 377 g/mol. The molecule has 0 amide bonds. The van der Waals surface area contributed by atoms with Gasteiger partial charge in [0.15, 0.2) is 18.1 Å². The van der Waals surface area contributed by atoms with Crippen LogP contribution < -0.4 is 14.8 Å². The Hall–Kier alpha value is -2.07. The van der Waals surface area contributed by atoms with Gasteiger partial charge in [-0.15, -0.1) is 0 Å². The molecule has 1 fully saturated rings. The molecule has 1 aromatic carbocycles. The highest BCUT2D eigenvalue weighted by Crippen LogP contribution is 2.35. The number of likely N-dealkylation sites (tertiary alicyclic amines) is 1. The minimum absolute atomic E-state index is 0.0278. The van der Waals surface area contributed by atoms with Crippen LogP contribution in [0.2, 0.25) is 0 Å². The molecule has 0 aliphatic carbocycles. The largest absolute Gasteiger partial charge is 0.493 e. The second-order valence-electron chi connectivity index (χ2n) is 6.25. The molecule has 146 valence electrons. The van der Waals surface area contributed by atoms with Crippen molar-refractivity contribution in [2.45, 2.75) is 31.6 Å². The Kier molecular flexibility index (Phi) is 6.65. The molecule has 1 N–H and O–H groups in total. The molecule has 0 bridgehead atoms. The van der Waals surface area contributed by atoms with E-state index >= 15 is 0 Å². The van der Waals surface area contributed by atoms with Crippen LogP contribution in [0.1, 0.15) is 18.4 Å². The number of piperidine rings is 1. The summed E-state index contributed by atoms with van der Waals surface area (Å²) < 4.78 is 46.8. The number of hydrogen-bond donors (Lipinski definition) is 1. The number of nitrogens with one attached hydrogen (secondary N) is 1. The number of ether oxygens (including phenoxy) is 2. The monoisotopic (exact) mass is 377 g/mol. The standard InChI is InChI=1S/C16H22F3N3O4/c1-21-5-3-12(4-6-21)20-9-11-7-14(25-2)15(8-13(11)22(23)24)26-10-16(17,18)19/h7-8,12,20H,3-6,9-10H2,1-2H3. The first kappa shape index (κ1) is 20.2. The summed E-state index contributed by atoms with van der Waals surface area (Å²) >= 11 is 0. The summed E-state index contributed by atoms with van der Waals surface area (Å²) in [5, 5.41) is 14.6. The van der Waals surface area contributed by atoms with Crippen LogP contribution in [-0.2, 0) is 6.54 Å². The highest BCUT2D eigenvalue weighted by atomic mass is 19.4. The van der Waals surface area contributed by atoms with Crippen LogP contribution in [0, 0.1) is 10.1 Å². The third-order valence-corrected chi connectivity index (χ3v) is 4.25. The number of methoxy groups -OCH3 is 1. The molecule has 2 rings (SSSR count). The van der Waals surface area contributed by atoms with E-state index in [9.17, 15) is 23.3 Å². The predicted octanol–water partition coefficient (Wildman–Crippen LogP) is 2.73. The summed E-state index contributed by atoms with van der Waals surface area (Å²) in [4.78, 5) is 12.9. The Morgan fingerprint density at radius 3 is 2.50 bits per heavy atom. The van der Waals surface area contributed by atoms with Crippen molar-refractivity contribution in [2.24, 2.45) is 0 Å². The number of nitro benzene ring substituents is 1. The van der Waals surface area contributed by atoms with Crippen LogP contribution in [0.25, 0.3) is 0 Å². The van der Waals surface area contributed by atoms with Crippen molar-refractivity contribution in [2.75, 3.05) is 33.9 Å². The summed E-state index contributed by atoms with van der Waals surface area (Å²) in [7, 11) is 3.31. The van der Waals surface area contributed by atoms with Crippen molar-refractivity contribution < 1.29 is 27.6 Å². The molecular weight excluding hydrogens is 355 g/mol. The lowest BCUT2D eigenvalue weighted by molar-refractivity contribution is -0.385. The molecule has 0 unspecified atom stereocenters. The lowest BCUT2D eigenvalue weighted by Gasteiger charge is -2.29. The molecule has 0 aromatic heterocycles. The maximum Gasteiger partial charge on any atom is 0.422 e. The van der Waals surface area contributed by atoms with Gasteiger partial charge in [0.25, 0.3) is 5.69 Å². The molecule has 10 heteroatoms. The van der Waals surface area contributed by atoms with Gasteiger partial charge >= 0.3 is 6.18 Å². The normalized spacial score (nSPS) is 16.5. The number of alkyl halides is 3. The maximum absolute atomic E-state index is 12.4. The molecule has 1 aliphatic heterocycles. The summed E-state index contributed by atoms with van der Waals surface area (Å²) in [5.41, 5.74) is 0.0357. The van der Waals surface area contributed by atoms with Crippen LogP contribution in [0.5, 0.6) is 11.5 Å². The number of benzene rings is 1. The van der Waals surface area contributed by atoms with E-state index in [2.05, 4.69) is 15.0 Å². The Balaban J connectivity index is 2.15. The fraction of sp³-hybridized carbons (Fsp3) is 0.625. The van der Waals surface area contributed by atoms with Crippen LogP contribution in [-0.4, -0.2) is 55.9 Å². The maximum atomic E-state index is 12.4. The van der Waals surface area contributed by atoms with E-state index in [1.807, 2.05) is 7.05 Å². The van der Waals surface area contributed by atoms with Gasteiger partial charge in [-0.25, -0.2) is 0 Å². The van der Waals surface area contributed by atoms with E-state index < -0.39 is 17.7 Å². The summed E-state index contributed by atoms with van der Waals surface area (Å²) in [5.74, 6) is -0.278. The summed E-state index contributed by atoms with van der Waals surface area (Å²) in [6.07, 6.45) is -2.70. The Morgan fingerprint density at radius 1 is 1.31 bits per heavy atom. The van der Waals surface area contributed by atoms with Crippen LogP contribution >= 0.6 is 0 Å². The zero-order valence-electron chi connectivity index (χ0n) is 14.6. The first-order chi connectivity index (χ1) is 12.2. The fourth-order valence-electron chi connectivity index (χ4n) is 2.80. The molecule has 1 aromatic rings. The quantitative estimate of drug-likeness (QED) is 0.582. The highest BCUT2D eigenvalue weighted by Gasteiger charge is 2.30. The van der Waals surface area contributed by atoms with E-state index in [0.717, 1.165) is 32.0 Å². The van der Waals surface area contributed by atoms with E-state index in [1.165, 1.54) is 13.2 Å². The van der Waals surface area contributed by atoms with Crippen molar-refractivity contribution in [3.8, 4) is 11.5 Å². The van der Waals surface area contributed by atoms with Crippen molar-refractivity contribution in [3.05, 3.63) is 27.8 Å². The molecule has 0 saturated carbocycles. The van der Waals surface area contributed by atoms with Gasteiger partial charge in [0.1, 0.15) is 0 Å². The van der Waals surface area contributed by atoms with E-state index in [4.69, 9.17) is 4.74 Å². The van der Waals surface area contributed by atoms with Gasteiger partial charge in [-0.2, -0.15) is 13.2 Å². The van der Waals surface area contributed by atoms with Gasteiger partial charge < -0.3 is 19.7 Å². The molecule has 7 nitrogen and oxygen atoms in total. The average Bonchev–Trinajstić information content (AvgIpc) is 2.58. The second-order valence-corrected chi connectivity index (χ2v) is 6.25. The summed E-state index contributed by atoms with van der Waals surface area (Å²) in [6, 6.07) is 2.57. The topological polar surface area (TPSA) is 76.9 Å². The fourth-order valence-corrected chi connectivity index (χ4v) is 2.80. The van der Waals surface area contributed by atoms with E-state index in [1.54, 1.807) is 0 Å². The smallest absolute Gasteiger partial charge is 0.422 e. The van der Waals surface area contributed by atoms with Crippen molar-refractivity contribution >= 4 is 5.69 Å². The Labute approximate surface area is 149 Å². The van der Waals surface area contributed by atoms with Crippen molar-refractivity contribution in [3.63, 3.8) is 0 Å². The van der Waals surface area contributed by atoms with Crippen molar-refractivity contribution in [1.29, 1.82) is 0 Å². The number of nitro groups is 1. The molecule has 1 heterocycles. The molecule has 0 spiro atoms. The number of halogens is 3. The first-order valence-corrected chi connectivity index (χ1v) is 8.16. The molecule has 0 atom stereocenters. The lowest BCUT2D eigenvalue weighted by atomic mass is 10.0. The molecule has 0 radical (unpaired) electrons. The zero-order valence-corrected chi connectivity index (χ0v) is 14.6. The second kappa shape index (κ2) is 8.54. The minimum Gasteiger partial charge on any atom is -0.493 e. The molecule has 1 aliphatic rings. The van der Waals surface area contributed by atoms with Gasteiger partial charge in [0, 0.05) is 18.2 Å². The van der Waals surface area contributed by atoms with E-state index in [0.29, 0.717) is 5.56 Å². The zero-order chi connectivity index (χ0) is 19.3. The van der Waals surface area contributed by atoms with Gasteiger partial charge in [-0.05, 0) is 39.0 Å².